The van der Waals surface area contributed by atoms with Crippen molar-refractivity contribution in [3.8, 4) is 31.0 Å². The van der Waals surface area contributed by atoms with Crippen LogP contribution in [0, 0.1) is 0 Å². The van der Waals surface area contributed by atoms with Crippen molar-refractivity contribution in [3.63, 3.8) is 0 Å². The summed E-state index contributed by atoms with van der Waals surface area (Å²) in [6.07, 6.45) is -4.24. The van der Waals surface area contributed by atoms with Crippen molar-refractivity contribution < 1.29 is 62.2 Å². The van der Waals surface area contributed by atoms with E-state index in [1.54, 1.807) is 0 Å². The molecular formula is C39H32F12O2S2. The second kappa shape index (κ2) is 14.4. The zero-order valence-corrected chi connectivity index (χ0v) is 30.3. The fourth-order valence-electron chi connectivity index (χ4n) is 7.31. The number of benzene rings is 2. The number of alkyl halides is 12. The maximum Gasteiger partial charge on any atom is 0.416 e. The molecule has 0 saturated heterocycles. The van der Waals surface area contributed by atoms with Crippen LogP contribution in [0.2, 0.25) is 0 Å². The highest BCUT2D eigenvalue weighted by Crippen LogP contribution is 2.67. The van der Waals surface area contributed by atoms with E-state index in [0.29, 0.717) is 74.0 Å². The van der Waals surface area contributed by atoms with Crippen molar-refractivity contribution in [3.05, 3.63) is 82.9 Å². The summed E-state index contributed by atoms with van der Waals surface area (Å²) in [6.45, 7) is 0. The number of thiophene rings is 2. The molecule has 3 aliphatic carbocycles. The molecule has 296 valence electrons. The minimum Gasteiger partial charge on any atom is -0.480 e. The third kappa shape index (κ3) is 7.37. The normalized spacial score (nSPS) is 20.6. The second-order valence-corrected chi connectivity index (χ2v) is 16.0. The predicted octanol–water partition coefficient (Wildman–Crippen LogP) is 14.4. The first-order valence-electron chi connectivity index (χ1n) is 17.6. The minimum absolute atomic E-state index is 0.00478. The van der Waals surface area contributed by atoms with Gasteiger partial charge in [0.05, 0.1) is 23.3 Å². The van der Waals surface area contributed by atoms with Gasteiger partial charge in [-0.2, -0.15) is 52.7 Å². The third-order valence-corrected chi connectivity index (χ3v) is 12.4. The lowest BCUT2D eigenvalue weighted by Crippen LogP contribution is -2.48. The van der Waals surface area contributed by atoms with Crippen molar-refractivity contribution in [2.24, 2.45) is 0 Å². The van der Waals surface area contributed by atoms with Crippen molar-refractivity contribution in [2.45, 2.75) is 107 Å². The Morgan fingerprint density at radius 3 is 1.13 bits per heavy atom. The first kappa shape index (κ1) is 39.6. The van der Waals surface area contributed by atoms with E-state index in [2.05, 4.69) is 0 Å². The van der Waals surface area contributed by atoms with Crippen LogP contribution in [0.15, 0.2) is 60.7 Å². The zero-order chi connectivity index (χ0) is 39.6. The lowest BCUT2D eigenvalue weighted by molar-refractivity contribution is -0.254. The number of ether oxygens (including phenoxy) is 2. The van der Waals surface area contributed by atoms with Crippen LogP contribution in [0.5, 0.6) is 10.1 Å². The maximum atomic E-state index is 16.3. The molecule has 0 bridgehead atoms. The van der Waals surface area contributed by atoms with Gasteiger partial charge in [0.1, 0.15) is 0 Å². The fourth-order valence-corrected chi connectivity index (χ4v) is 9.48. The molecule has 0 unspecified atom stereocenters. The minimum atomic E-state index is -5.97. The topological polar surface area (TPSA) is 18.5 Å². The molecular weight excluding hydrogens is 793 g/mol. The van der Waals surface area contributed by atoms with Crippen LogP contribution in [0.25, 0.3) is 32.0 Å². The Morgan fingerprint density at radius 1 is 0.491 bits per heavy atom. The highest BCUT2D eigenvalue weighted by atomic mass is 32.1. The van der Waals surface area contributed by atoms with Crippen LogP contribution in [-0.2, 0) is 12.4 Å². The van der Waals surface area contributed by atoms with E-state index < -0.39 is 75.7 Å². The largest absolute Gasteiger partial charge is 0.480 e. The molecule has 2 aromatic heterocycles. The first-order chi connectivity index (χ1) is 25.8. The summed E-state index contributed by atoms with van der Waals surface area (Å²) in [6, 6.07) is 9.12. The van der Waals surface area contributed by atoms with Gasteiger partial charge < -0.3 is 9.47 Å². The highest BCUT2D eigenvalue weighted by molar-refractivity contribution is 7.18. The molecule has 2 nitrogen and oxygen atoms in total. The fraction of sp³-hybridized carbons (Fsp3) is 0.436. The average Bonchev–Trinajstić information content (AvgIpc) is 3.76. The quantitative estimate of drug-likeness (QED) is 0.165. The van der Waals surface area contributed by atoms with E-state index in [1.165, 1.54) is 0 Å². The SMILES string of the molecule is FC(F)(F)c1ccc(-c2cc(C3=C(c4cc(-c5ccc(C(F)(F)F)cc5)sc4OC4CCCCC4)C(F)(F)C(F)(F)C3(F)F)c(OC3CCCCC3)s2)cc1. The van der Waals surface area contributed by atoms with Gasteiger partial charge in [-0.3, -0.25) is 0 Å². The van der Waals surface area contributed by atoms with E-state index in [1.807, 2.05) is 0 Å². The Hall–Kier alpha value is -3.66. The Balaban J connectivity index is 1.45. The molecule has 2 saturated carbocycles. The van der Waals surface area contributed by atoms with Gasteiger partial charge in [-0.05, 0) is 98.9 Å². The molecule has 4 aromatic rings. The van der Waals surface area contributed by atoms with Crippen molar-refractivity contribution in [2.75, 3.05) is 0 Å². The van der Waals surface area contributed by atoms with Crippen LogP contribution in [0.1, 0.15) is 86.5 Å². The van der Waals surface area contributed by atoms with Crippen molar-refractivity contribution in [1.29, 1.82) is 0 Å². The number of rotatable bonds is 8. The van der Waals surface area contributed by atoms with E-state index in [-0.39, 0.29) is 31.0 Å². The summed E-state index contributed by atoms with van der Waals surface area (Å²) in [4.78, 5) is 0.00955. The molecule has 55 heavy (non-hydrogen) atoms. The Kier molecular flexibility index (Phi) is 10.3. The number of hydrogen-bond acceptors (Lipinski definition) is 4. The van der Waals surface area contributed by atoms with Crippen molar-refractivity contribution >= 4 is 33.8 Å². The molecule has 0 aliphatic heterocycles. The number of allylic oxidation sites excluding steroid dienone is 2. The van der Waals surface area contributed by atoms with Gasteiger partial charge in [-0.1, -0.05) is 59.8 Å². The standard InChI is InChI=1S/C39H32F12O2S2/c40-35(41)31(27-19-29(21-11-15-23(16-12-21)37(44,45)46)54-33(27)52-25-7-3-1-4-8-25)32(36(42,43)39(35,50)51)28-20-30(22-13-17-24(18-14-22)38(47,48)49)55-34(28)53-26-9-5-2-6-10-26/h11-20,25-26H,1-10H2. The summed E-state index contributed by atoms with van der Waals surface area (Å²) < 4.78 is 189. The van der Waals surface area contributed by atoms with Gasteiger partial charge in [0.2, 0.25) is 0 Å². The molecule has 0 spiro atoms. The molecule has 2 fully saturated rings. The molecule has 0 atom stereocenters. The van der Waals surface area contributed by atoms with Crippen LogP contribution in [-0.4, -0.2) is 30.0 Å². The molecule has 3 aliphatic rings. The van der Waals surface area contributed by atoms with Gasteiger partial charge >= 0.3 is 30.1 Å². The van der Waals surface area contributed by atoms with Gasteiger partial charge in [-0.25, -0.2) is 0 Å². The smallest absolute Gasteiger partial charge is 0.416 e. The van der Waals surface area contributed by atoms with Crippen LogP contribution in [0.4, 0.5) is 52.7 Å². The van der Waals surface area contributed by atoms with E-state index in [0.717, 1.165) is 73.5 Å². The second-order valence-electron chi connectivity index (χ2n) is 14.0. The average molecular weight is 825 g/mol. The lowest BCUT2D eigenvalue weighted by atomic mass is 9.95. The molecule has 2 heterocycles. The molecule has 0 amide bonds. The highest BCUT2D eigenvalue weighted by Gasteiger charge is 2.81. The molecule has 7 rings (SSSR count). The van der Waals surface area contributed by atoms with E-state index >= 15 is 26.3 Å². The van der Waals surface area contributed by atoms with Crippen LogP contribution in [0.3, 0.4) is 0 Å². The van der Waals surface area contributed by atoms with Gasteiger partial charge in [-0.15, -0.1) is 0 Å². The van der Waals surface area contributed by atoms with Gasteiger partial charge in [0, 0.05) is 32.0 Å². The monoisotopic (exact) mass is 824 g/mol. The van der Waals surface area contributed by atoms with Crippen molar-refractivity contribution in [1.82, 2.24) is 0 Å². The summed E-state index contributed by atoms with van der Waals surface area (Å²) in [5.41, 5.74) is -6.88. The Bertz CT molecular complexity index is 1880. The summed E-state index contributed by atoms with van der Waals surface area (Å²) in [5.74, 6) is -17.0. The zero-order valence-electron chi connectivity index (χ0n) is 28.7. The summed E-state index contributed by atoms with van der Waals surface area (Å²) in [5, 5.41) is -0.758. The molecule has 16 heteroatoms. The molecule has 0 N–H and O–H groups in total. The van der Waals surface area contributed by atoms with Crippen LogP contribution >= 0.6 is 22.7 Å². The van der Waals surface area contributed by atoms with E-state index in [4.69, 9.17) is 9.47 Å². The third-order valence-electron chi connectivity index (χ3n) is 10.2. The Labute approximate surface area is 315 Å². The summed E-state index contributed by atoms with van der Waals surface area (Å²) in [7, 11) is 0. The first-order valence-corrected chi connectivity index (χ1v) is 19.3. The Morgan fingerprint density at radius 2 is 0.818 bits per heavy atom. The number of halogens is 12. The van der Waals surface area contributed by atoms with Gasteiger partial charge in [0.15, 0.2) is 10.1 Å². The molecule has 0 radical (unpaired) electrons. The van der Waals surface area contributed by atoms with E-state index in [9.17, 15) is 26.3 Å². The predicted molar refractivity (Wildman–Crippen MR) is 186 cm³/mol. The van der Waals surface area contributed by atoms with Gasteiger partial charge in [0.25, 0.3) is 0 Å². The molecule has 2 aromatic carbocycles. The summed E-state index contributed by atoms with van der Waals surface area (Å²) >= 11 is 1.32. The van der Waals surface area contributed by atoms with Crippen LogP contribution < -0.4 is 9.47 Å². The number of hydrogen-bond donors (Lipinski definition) is 0. The maximum absolute atomic E-state index is 16.3. The lowest BCUT2D eigenvalue weighted by Gasteiger charge is -2.26.